The molecule has 0 aliphatic rings. The molecule has 0 N–H and O–H groups in total. The van der Waals surface area contributed by atoms with Gasteiger partial charge in [0.05, 0.1) is 11.8 Å². The molecular formula is C10H6BrNO2. The van der Waals surface area contributed by atoms with Crippen molar-refractivity contribution < 1.29 is 9.21 Å². The van der Waals surface area contributed by atoms with Crippen LogP contribution in [0.15, 0.2) is 45.9 Å². The molecule has 0 aromatic carbocycles. The molecule has 2 aromatic rings. The summed E-state index contributed by atoms with van der Waals surface area (Å²) in [5.74, 6) is -0.0902. The number of pyridine rings is 1. The van der Waals surface area contributed by atoms with Gasteiger partial charge in [-0.2, -0.15) is 0 Å². The zero-order chi connectivity index (χ0) is 9.97. The van der Waals surface area contributed by atoms with E-state index < -0.39 is 0 Å². The predicted octanol–water partition coefficient (Wildman–Crippen LogP) is 2.67. The Labute approximate surface area is 88.9 Å². The molecule has 0 saturated carbocycles. The van der Waals surface area contributed by atoms with Gasteiger partial charge in [-0.25, -0.2) is 0 Å². The van der Waals surface area contributed by atoms with Crippen molar-refractivity contribution in [3.8, 4) is 0 Å². The van der Waals surface area contributed by atoms with E-state index in [1.54, 1.807) is 18.3 Å². The summed E-state index contributed by atoms with van der Waals surface area (Å²) in [4.78, 5) is 15.7. The van der Waals surface area contributed by atoms with Gasteiger partial charge in [-0.15, -0.1) is 0 Å². The van der Waals surface area contributed by atoms with Gasteiger partial charge in [0.1, 0.15) is 6.26 Å². The molecule has 2 heterocycles. The fraction of sp³-hybridized carbons (Fsp3) is 0. The summed E-state index contributed by atoms with van der Waals surface area (Å²) in [6.07, 6.45) is 6.05. The van der Waals surface area contributed by atoms with E-state index in [1.807, 2.05) is 0 Å². The Kier molecular flexibility index (Phi) is 2.45. The highest BCUT2D eigenvalue weighted by atomic mass is 79.9. The van der Waals surface area contributed by atoms with E-state index in [9.17, 15) is 4.79 Å². The van der Waals surface area contributed by atoms with Gasteiger partial charge in [0, 0.05) is 22.4 Å². The van der Waals surface area contributed by atoms with E-state index in [2.05, 4.69) is 20.9 Å². The summed E-state index contributed by atoms with van der Waals surface area (Å²) in [6, 6.07) is 3.35. The van der Waals surface area contributed by atoms with E-state index >= 15 is 0 Å². The summed E-state index contributed by atoms with van der Waals surface area (Å²) in [7, 11) is 0. The minimum absolute atomic E-state index is 0.0902. The average molecular weight is 252 g/mol. The average Bonchev–Trinajstić information content (AvgIpc) is 2.69. The third kappa shape index (κ3) is 1.75. The van der Waals surface area contributed by atoms with Crippen molar-refractivity contribution in [3.63, 3.8) is 0 Å². The van der Waals surface area contributed by atoms with Gasteiger partial charge >= 0.3 is 0 Å². The Balaban J connectivity index is 2.37. The molecule has 0 aliphatic carbocycles. The molecule has 0 atom stereocenters. The second-order valence-corrected chi connectivity index (χ2v) is 3.65. The van der Waals surface area contributed by atoms with Gasteiger partial charge in [0.25, 0.3) is 0 Å². The fourth-order valence-electron chi connectivity index (χ4n) is 1.10. The van der Waals surface area contributed by atoms with Gasteiger partial charge in [-0.3, -0.25) is 9.78 Å². The number of aromatic nitrogens is 1. The molecule has 0 fully saturated rings. The topological polar surface area (TPSA) is 43.1 Å². The van der Waals surface area contributed by atoms with Crippen molar-refractivity contribution in [1.82, 2.24) is 4.98 Å². The summed E-state index contributed by atoms with van der Waals surface area (Å²) in [5, 5.41) is 0. The number of nitrogens with zero attached hydrogens (tertiary/aromatic N) is 1. The van der Waals surface area contributed by atoms with Gasteiger partial charge in [-0.05, 0) is 28.1 Å². The number of ketones is 1. The molecule has 14 heavy (non-hydrogen) atoms. The monoisotopic (exact) mass is 251 g/mol. The second-order valence-electron chi connectivity index (χ2n) is 2.73. The van der Waals surface area contributed by atoms with Crippen LogP contribution in [0.1, 0.15) is 15.9 Å². The second kappa shape index (κ2) is 3.75. The Morgan fingerprint density at radius 1 is 1.36 bits per heavy atom. The Morgan fingerprint density at radius 2 is 2.21 bits per heavy atom. The minimum atomic E-state index is -0.0902. The Morgan fingerprint density at radius 3 is 2.86 bits per heavy atom. The smallest absolute Gasteiger partial charge is 0.197 e. The van der Waals surface area contributed by atoms with Gasteiger partial charge < -0.3 is 4.42 Å². The molecule has 4 heteroatoms. The van der Waals surface area contributed by atoms with Crippen LogP contribution in [0, 0.1) is 0 Å². The van der Waals surface area contributed by atoms with Crippen molar-refractivity contribution in [2.75, 3.05) is 0 Å². The quantitative estimate of drug-likeness (QED) is 0.771. The largest absolute Gasteiger partial charge is 0.472 e. The lowest BCUT2D eigenvalue weighted by Gasteiger charge is -1.96. The Hall–Kier alpha value is -1.42. The number of furan rings is 1. The van der Waals surface area contributed by atoms with Crippen LogP contribution < -0.4 is 0 Å². The zero-order valence-corrected chi connectivity index (χ0v) is 8.69. The molecule has 0 bridgehead atoms. The van der Waals surface area contributed by atoms with E-state index in [4.69, 9.17) is 4.42 Å². The first-order valence-corrected chi connectivity index (χ1v) is 4.74. The van der Waals surface area contributed by atoms with Crippen LogP contribution in [-0.2, 0) is 0 Å². The summed E-state index contributed by atoms with van der Waals surface area (Å²) >= 11 is 3.26. The van der Waals surface area contributed by atoms with Gasteiger partial charge in [-0.1, -0.05) is 0 Å². The molecule has 0 unspecified atom stereocenters. The van der Waals surface area contributed by atoms with Crippen molar-refractivity contribution >= 4 is 21.7 Å². The van der Waals surface area contributed by atoms with Crippen molar-refractivity contribution in [2.24, 2.45) is 0 Å². The van der Waals surface area contributed by atoms with Gasteiger partial charge in [0.15, 0.2) is 5.78 Å². The first-order valence-electron chi connectivity index (χ1n) is 3.95. The highest BCUT2D eigenvalue weighted by Gasteiger charge is 2.10. The maximum absolute atomic E-state index is 11.7. The number of halogens is 1. The van der Waals surface area contributed by atoms with Crippen molar-refractivity contribution in [3.05, 3.63) is 52.7 Å². The van der Waals surface area contributed by atoms with E-state index in [0.717, 1.165) is 4.47 Å². The SMILES string of the molecule is O=C(c1ccoc1)c1cncc(Br)c1. The molecule has 0 saturated heterocycles. The van der Waals surface area contributed by atoms with Crippen LogP contribution in [0.4, 0.5) is 0 Å². The normalized spacial score (nSPS) is 10.1. The summed E-state index contributed by atoms with van der Waals surface area (Å²) < 4.78 is 5.62. The van der Waals surface area contributed by atoms with Crippen molar-refractivity contribution in [1.29, 1.82) is 0 Å². The maximum Gasteiger partial charge on any atom is 0.197 e. The first-order chi connectivity index (χ1) is 6.77. The molecule has 0 spiro atoms. The highest BCUT2D eigenvalue weighted by Crippen LogP contribution is 2.13. The standard InChI is InChI=1S/C10H6BrNO2/c11-9-3-8(4-12-5-9)10(13)7-1-2-14-6-7/h1-6H. The maximum atomic E-state index is 11.7. The van der Waals surface area contributed by atoms with E-state index in [1.165, 1.54) is 18.7 Å². The van der Waals surface area contributed by atoms with Crippen LogP contribution in [0.25, 0.3) is 0 Å². The molecule has 0 amide bonds. The van der Waals surface area contributed by atoms with Crippen LogP contribution >= 0.6 is 15.9 Å². The molecule has 0 radical (unpaired) electrons. The number of rotatable bonds is 2. The van der Waals surface area contributed by atoms with Crippen LogP contribution in [-0.4, -0.2) is 10.8 Å². The molecule has 2 rings (SSSR count). The zero-order valence-electron chi connectivity index (χ0n) is 7.11. The lowest BCUT2D eigenvalue weighted by atomic mass is 10.1. The number of hydrogen-bond acceptors (Lipinski definition) is 3. The molecule has 70 valence electrons. The van der Waals surface area contributed by atoms with Gasteiger partial charge in [0.2, 0.25) is 0 Å². The molecule has 2 aromatic heterocycles. The summed E-state index contributed by atoms with van der Waals surface area (Å²) in [5.41, 5.74) is 1.07. The molecule has 0 aliphatic heterocycles. The molecule has 3 nitrogen and oxygen atoms in total. The number of carbonyl (C=O) groups is 1. The van der Waals surface area contributed by atoms with Crippen LogP contribution in [0.2, 0.25) is 0 Å². The highest BCUT2D eigenvalue weighted by molar-refractivity contribution is 9.10. The molecular weight excluding hydrogens is 246 g/mol. The van der Waals surface area contributed by atoms with Crippen LogP contribution in [0.3, 0.4) is 0 Å². The number of carbonyl (C=O) groups excluding carboxylic acids is 1. The Bertz CT molecular complexity index is 451. The number of hydrogen-bond donors (Lipinski definition) is 0. The summed E-state index contributed by atoms with van der Waals surface area (Å²) in [6.45, 7) is 0. The third-order valence-corrected chi connectivity index (χ3v) is 2.18. The third-order valence-electron chi connectivity index (χ3n) is 1.75. The predicted molar refractivity (Wildman–Crippen MR) is 54.1 cm³/mol. The van der Waals surface area contributed by atoms with Crippen LogP contribution in [0.5, 0.6) is 0 Å². The minimum Gasteiger partial charge on any atom is -0.472 e. The van der Waals surface area contributed by atoms with Crippen molar-refractivity contribution in [2.45, 2.75) is 0 Å². The lowest BCUT2D eigenvalue weighted by molar-refractivity contribution is 0.103. The van der Waals surface area contributed by atoms with E-state index in [0.29, 0.717) is 11.1 Å². The lowest BCUT2D eigenvalue weighted by Crippen LogP contribution is -1.99. The fourth-order valence-corrected chi connectivity index (χ4v) is 1.46. The van der Waals surface area contributed by atoms with E-state index in [-0.39, 0.29) is 5.78 Å². The first kappa shape index (κ1) is 9.15.